The third-order valence-corrected chi connectivity index (χ3v) is 2.84. The Morgan fingerprint density at radius 1 is 1.27 bits per heavy atom. The molecule has 0 aromatic rings. The van der Waals surface area contributed by atoms with Crippen LogP contribution >= 0.6 is 0 Å². The summed E-state index contributed by atoms with van der Waals surface area (Å²) >= 11 is 0. The van der Waals surface area contributed by atoms with E-state index in [4.69, 9.17) is 0 Å². The van der Waals surface area contributed by atoms with Crippen LogP contribution in [0.1, 0.15) is 13.3 Å². The maximum atomic E-state index is 11.5. The third kappa shape index (κ3) is 6.15. The highest BCUT2D eigenvalue weighted by Crippen LogP contribution is 2.20. The highest BCUT2D eigenvalue weighted by molar-refractivity contribution is 7.91. The van der Waals surface area contributed by atoms with E-state index in [1.807, 2.05) is 0 Å². The van der Waals surface area contributed by atoms with E-state index in [9.17, 15) is 21.6 Å². The zero-order valence-corrected chi connectivity index (χ0v) is 6.80. The first-order valence-electron chi connectivity index (χ1n) is 3.04. The molecule has 2 nitrogen and oxygen atoms in total. The predicted molar refractivity (Wildman–Crippen MR) is 35.0 cm³/mol. The van der Waals surface area contributed by atoms with Crippen LogP contribution in [0, 0.1) is 0 Å². The quantitative estimate of drug-likeness (QED) is 0.673. The summed E-state index contributed by atoms with van der Waals surface area (Å²) in [6.07, 6.45) is -5.62. The molecule has 6 heteroatoms. The lowest BCUT2D eigenvalue weighted by Gasteiger charge is -2.04. The molecular weight excluding hydrogens is 181 g/mol. The largest absolute Gasteiger partial charge is 0.390 e. The Bertz CT molecular complexity index is 204. The molecule has 0 rings (SSSR count). The SMILES string of the molecule is CCS(=O)(=O)CCC(F)(F)F. The number of alkyl halides is 3. The molecule has 0 aromatic carbocycles. The van der Waals surface area contributed by atoms with Crippen LogP contribution in [0.2, 0.25) is 0 Å². The summed E-state index contributed by atoms with van der Waals surface area (Å²) in [6, 6.07) is 0. The minimum absolute atomic E-state index is 0.233. The Morgan fingerprint density at radius 2 is 1.73 bits per heavy atom. The van der Waals surface area contributed by atoms with E-state index in [1.165, 1.54) is 6.92 Å². The summed E-state index contributed by atoms with van der Waals surface area (Å²) in [5.74, 6) is -1.03. The second-order valence-corrected chi connectivity index (χ2v) is 4.57. The zero-order chi connectivity index (χ0) is 9.12. The molecule has 0 amide bonds. The summed E-state index contributed by atoms with van der Waals surface area (Å²) < 4.78 is 55.5. The van der Waals surface area contributed by atoms with Crippen LogP contribution in [0.3, 0.4) is 0 Å². The van der Waals surface area contributed by atoms with Crippen LogP contribution in [-0.2, 0) is 9.84 Å². The maximum absolute atomic E-state index is 11.5. The lowest BCUT2D eigenvalue weighted by Crippen LogP contribution is -2.17. The van der Waals surface area contributed by atoms with Gasteiger partial charge >= 0.3 is 6.18 Å². The molecule has 0 saturated heterocycles. The smallest absolute Gasteiger partial charge is 0.229 e. The minimum Gasteiger partial charge on any atom is -0.229 e. The number of hydrogen-bond donors (Lipinski definition) is 0. The Kier molecular flexibility index (Phi) is 3.34. The maximum Gasteiger partial charge on any atom is 0.390 e. The molecule has 0 aromatic heterocycles. The van der Waals surface area contributed by atoms with Gasteiger partial charge < -0.3 is 0 Å². The van der Waals surface area contributed by atoms with Crippen molar-refractivity contribution in [3.63, 3.8) is 0 Å². The summed E-state index contributed by atoms with van der Waals surface area (Å²) in [5, 5.41) is 0. The van der Waals surface area contributed by atoms with Gasteiger partial charge in [0.25, 0.3) is 0 Å². The molecule has 68 valence electrons. The summed E-state index contributed by atoms with van der Waals surface area (Å²) in [6.45, 7) is 1.33. The van der Waals surface area contributed by atoms with Crippen LogP contribution < -0.4 is 0 Å². The molecule has 0 spiro atoms. The van der Waals surface area contributed by atoms with Gasteiger partial charge in [0.15, 0.2) is 0 Å². The normalized spacial score (nSPS) is 13.5. The second-order valence-electron chi connectivity index (χ2n) is 2.10. The lowest BCUT2D eigenvalue weighted by atomic mass is 10.5. The van der Waals surface area contributed by atoms with Gasteiger partial charge in [0, 0.05) is 5.75 Å². The van der Waals surface area contributed by atoms with Crippen molar-refractivity contribution in [1.82, 2.24) is 0 Å². The fraction of sp³-hybridized carbons (Fsp3) is 1.00. The number of sulfone groups is 1. The first-order chi connectivity index (χ1) is 4.77. The molecule has 0 unspecified atom stereocenters. The van der Waals surface area contributed by atoms with E-state index in [-0.39, 0.29) is 5.75 Å². The second kappa shape index (κ2) is 3.42. The Morgan fingerprint density at radius 3 is 2.00 bits per heavy atom. The van der Waals surface area contributed by atoms with E-state index < -0.39 is 28.2 Å². The standard InChI is InChI=1S/C5H9F3O2S/c1-2-11(9,10)4-3-5(6,7)8/h2-4H2,1H3. The zero-order valence-electron chi connectivity index (χ0n) is 5.98. The summed E-state index contributed by atoms with van der Waals surface area (Å²) in [7, 11) is -3.47. The van der Waals surface area contributed by atoms with E-state index in [2.05, 4.69) is 0 Å². The minimum atomic E-state index is -4.37. The number of hydrogen-bond acceptors (Lipinski definition) is 2. The first kappa shape index (κ1) is 10.7. The molecule has 0 N–H and O–H groups in total. The Balaban J connectivity index is 3.91. The van der Waals surface area contributed by atoms with Crippen molar-refractivity contribution in [2.75, 3.05) is 11.5 Å². The van der Waals surface area contributed by atoms with E-state index in [0.29, 0.717) is 0 Å². The molecular formula is C5H9F3O2S. The average molecular weight is 190 g/mol. The summed E-state index contributed by atoms with van der Waals surface area (Å²) in [4.78, 5) is 0. The van der Waals surface area contributed by atoms with Crippen molar-refractivity contribution in [1.29, 1.82) is 0 Å². The van der Waals surface area contributed by atoms with Gasteiger partial charge in [0.1, 0.15) is 9.84 Å². The predicted octanol–water partition coefficient (Wildman–Crippen LogP) is 1.37. The fourth-order valence-corrected chi connectivity index (χ4v) is 1.25. The van der Waals surface area contributed by atoms with Gasteiger partial charge in [-0.05, 0) is 0 Å². The van der Waals surface area contributed by atoms with E-state index in [1.54, 1.807) is 0 Å². The molecule has 0 aliphatic carbocycles. The molecule has 0 heterocycles. The van der Waals surface area contributed by atoms with Crippen molar-refractivity contribution >= 4 is 9.84 Å². The summed E-state index contributed by atoms with van der Waals surface area (Å²) in [5.41, 5.74) is 0. The molecule has 11 heavy (non-hydrogen) atoms. The van der Waals surface area contributed by atoms with Crippen LogP contribution in [0.15, 0.2) is 0 Å². The monoisotopic (exact) mass is 190 g/mol. The third-order valence-electron chi connectivity index (χ3n) is 1.14. The molecule has 0 saturated carbocycles. The highest BCUT2D eigenvalue weighted by atomic mass is 32.2. The van der Waals surface area contributed by atoms with Gasteiger partial charge in [0.2, 0.25) is 0 Å². The highest BCUT2D eigenvalue weighted by Gasteiger charge is 2.29. The van der Waals surface area contributed by atoms with Gasteiger partial charge in [-0.25, -0.2) is 8.42 Å². The van der Waals surface area contributed by atoms with Crippen molar-refractivity contribution in [3.05, 3.63) is 0 Å². The fourth-order valence-electron chi connectivity index (χ4n) is 0.416. The molecule has 0 aliphatic heterocycles. The first-order valence-corrected chi connectivity index (χ1v) is 4.86. The van der Waals surface area contributed by atoms with Crippen LogP contribution in [0.25, 0.3) is 0 Å². The van der Waals surface area contributed by atoms with E-state index >= 15 is 0 Å². The number of rotatable bonds is 3. The van der Waals surface area contributed by atoms with Crippen molar-refractivity contribution in [3.8, 4) is 0 Å². The molecule has 0 fully saturated rings. The van der Waals surface area contributed by atoms with Crippen LogP contribution in [0.5, 0.6) is 0 Å². The number of halogens is 3. The van der Waals surface area contributed by atoms with Gasteiger partial charge in [-0.1, -0.05) is 6.92 Å². The van der Waals surface area contributed by atoms with Crippen molar-refractivity contribution in [2.24, 2.45) is 0 Å². The Hall–Kier alpha value is -0.260. The van der Waals surface area contributed by atoms with Gasteiger partial charge in [-0.3, -0.25) is 0 Å². The van der Waals surface area contributed by atoms with Gasteiger partial charge in [-0.2, -0.15) is 13.2 Å². The molecule has 0 radical (unpaired) electrons. The van der Waals surface area contributed by atoms with Crippen LogP contribution in [-0.4, -0.2) is 26.1 Å². The van der Waals surface area contributed by atoms with Gasteiger partial charge in [0.05, 0.1) is 12.2 Å². The van der Waals surface area contributed by atoms with E-state index in [0.717, 1.165) is 0 Å². The Labute approximate surface area is 63.3 Å². The van der Waals surface area contributed by atoms with Gasteiger partial charge in [-0.15, -0.1) is 0 Å². The average Bonchev–Trinajstić information content (AvgIpc) is 1.83. The molecule has 0 atom stereocenters. The molecule has 0 aliphatic rings. The lowest BCUT2D eigenvalue weighted by molar-refractivity contribution is -0.129. The van der Waals surface area contributed by atoms with Crippen molar-refractivity contribution in [2.45, 2.75) is 19.5 Å². The van der Waals surface area contributed by atoms with Crippen LogP contribution in [0.4, 0.5) is 13.2 Å². The van der Waals surface area contributed by atoms with Crippen molar-refractivity contribution < 1.29 is 21.6 Å². The topological polar surface area (TPSA) is 34.1 Å². The molecule has 0 bridgehead atoms.